The molecule has 2 aliphatic carbocycles. The topological polar surface area (TPSA) is 58.2 Å². The third kappa shape index (κ3) is 3.24. The van der Waals surface area contributed by atoms with Crippen LogP contribution in [0.1, 0.15) is 42.4 Å². The molecule has 0 atom stereocenters. The molecule has 20 heavy (non-hydrogen) atoms. The van der Waals surface area contributed by atoms with Crippen molar-refractivity contribution in [3.05, 3.63) is 15.8 Å². The lowest BCUT2D eigenvalue weighted by atomic mass is 9.83. The van der Waals surface area contributed by atoms with Crippen LogP contribution in [-0.2, 0) is 16.6 Å². The van der Waals surface area contributed by atoms with Gasteiger partial charge in [-0.2, -0.15) is 0 Å². The summed E-state index contributed by atoms with van der Waals surface area (Å²) >= 11 is 1.58. The monoisotopic (exact) mass is 314 g/mol. The summed E-state index contributed by atoms with van der Waals surface area (Å²) in [4.78, 5) is 2.46. The molecule has 3 rings (SSSR count). The van der Waals surface area contributed by atoms with Crippen molar-refractivity contribution in [3.8, 4) is 0 Å². The second kappa shape index (κ2) is 5.40. The lowest BCUT2D eigenvalue weighted by Gasteiger charge is -2.32. The third-order valence-electron chi connectivity index (χ3n) is 4.05. The highest BCUT2D eigenvalue weighted by Gasteiger charge is 2.31. The van der Waals surface area contributed by atoms with E-state index in [9.17, 15) is 8.42 Å². The molecule has 0 spiro atoms. The number of thiophene rings is 1. The average Bonchev–Trinajstić information content (AvgIpc) is 3.07. The van der Waals surface area contributed by atoms with E-state index < -0.39 is 10.0 Å². The highest BCUT2D eigenvalue weighted by Crippen LogP contribution is 2.31. The molecule has 0 amide bonds. The van der Waals surface area contributed by atoms with Crippen molar-refractivity contribution >= 4 is 21.4 Å². The molecule has 0 unspecified atom stereocenters. The summed E-state index contributed by atoms with van der Waals surface area (Å²) in [5, 5.41) is 3.43. The molecular formula is C14H22N2O2S2. The predicted molar refractivity (Wildman–Crippen MR) is 81.4 cm³/mol. The first-order valence-corrected chi connectivity index (χ1v) is 9.59. The first-order valence-electron chi connectivity index (χ1n) is 7.29. The Kier molecular flexibility index (Phi) is 3.92. The van der Waals surface area contributed by atoms with Gasteiger partial charge in [0, 0.05) is 28.4 Å². The van der Waals surface area contributed by atoms with Gasteiger partial charge in [0.2, 0.25) is 10.0 Å². The van der Waals surface area contributed by atoms with E-state index in [2.05, 4.69) is 17.0 Å². The fourth-order valence-corrected chi connectivity index (χ4v) is 5.54. The molecule has 2 fully saturated rings. The van der Waals surface area contributed by atoms with Gasteiger partial charge in [0.05, 0.1) is 4.90 Å². The summed E-state index contributed by atoms with van der Waals surface area (Å²) in [6, 6.07) is 2.61. The molecular weight excluding hydrogens is 292 g/mol. The summed E-state index contributed by atoms with van der Waals surface area (Å²) < 4.78 is 27.6. The van der Waals surface area contributed by atoms with Crippen LogP contribution in [0.25, 0.3) is 0 Å². The Morgan fingerprint density at radius 2 is 2.00 bits per heavy atom. The third-order valence-corrected chi connectivity index (χ3v) is 6.88. The number of rotatable bonds is 6. The predicted octanol–water partition coefficient (Wildman–Crippen LogP) is 2.39. The van der Waals surface area contributed by atoms with Crippen LogP contribution < -0.4 is 10.0 Å². The van der Waals surface area contributed by atoms with Gasteiger partial charge in [-0.1, -0.05) is 6.92 Å². The fourth-order valence-electron chi connectivity index (χ4n) is 2.69. The quantitative estimate of drug-likeness (QED) is 0.847. The zero-order valence-corrected chi connectivity index (χ0v) is 13.6. The van der Waals surface area contributed by atoms with Crippen LogP contribution in [0.2, 0.25) is 0 Å². The molecule has 2 saturated carbocycles. The zero-order chi connectivity index (χ0) is 14.3. The second-order valence-corrected chi connectivity index (χ2v) is 9.21. The second-order valence-electron chi connectivity index (χ2n) is 6.18. The lowest BCUT2D eigenvalue weighted by molar-refractivity contribution is 0.270. The molecule has 1 aromatic heterocycles. The Hall–Kier alpha value is -0.430. The van der Waals surface area contributed by atoms with Crippen LogP contribution in [0.3, 0.4) is 0 Å². The Morgan fingerprint density at radius 3 is 2.60 bits per heavy atom. The minimum atomic E-state index is -3.34. The standard InChI is InChI=1S/C14H22N2O2S2/c1-9-5-12(6-9)16-20(17,18)14-7-13(19-10(14)2)8-15-11-3-4-11/h7,9,11-12,15-16H,3-6,8H2,1-2H3. The van der Waals surface area contributed by atoms with Crippen LogP contribution in [0, 0.1) is 12.8 Å². The van der Waals surface area contributed by atoms with E-state index in [0.717, 1.165) is 29.1 Å². The maximum absolute atomic E-state index is 12.4. The van der Waals surface area contributed by atoms with Crippen molar-refractivity contribution in [2.75, 3.05) is 0 Å². The normalized spacial score (nSPS) is 26.5. The van der Waals surface area contributed by atoms with E-state index in [1.165, 1.54) is 12.8 Å². The number of sulfonamides is 1. The largest absolute Gasteiger partial charge is 0.309 e. The number of hydrogen-bond acceptors (Lipinski definition) is 4. The van der Waals surface area contributed by atoms with Crippen molar-refractivity contribution < 1.29 is 8.42 Å². The Bertz CT molecular complexity index is 584. The van der Waals surface area contributed by atoms with Gasteiger partial charge in [-0.3, -0.25) is 0 Å². The SMILES string of the molecule is Cc1sc(CNC2CC2)cc1S(=O)(=O)NC1CC(C)C1. The van der Waals surface area contributed by atoms with E-state index in [1.54, 1.807) is 11.3 Å². The van der Waals surface area contributed by atoms with E-state index in [-0.39, 0.29) is 6.04 Å². The van der Waals surface area contributed by atoms with Crippen LogP contribution in [0.15, 0.2) is 11.0 Å². The average molecular weight is 314 g/mol. The molecule has 4 nitrogen and oxygen atoms in total. The maximum atomic E-state index is 12.4. The first kappa shape index (κ1) is 14.5. The first-order chi connectivity index (χ1) is 9.44. The van der Waals surface area contributed by atoms with E-state index in [1.807, 2.05) is 13.0 Å². The smallest absolute Gasteiger partial charge is 0.241 e. The molecule has 0 bridgehead atoms. The summed E-state index contributed by atoms with van der Waals surface area (Å²) in [6.45, 7) is 4.83. The molecule has 0 radical (unpaired) electrons. The van der Waals surface area contributed by atoms with Crippen LogP contribution in [-0.4, -0.2) is 20.5 Å². The van der Waals surface area contributed by atoms with Gasteiger partial charge in [0.15, 0.2) is 0 Å². The lowest BCUT2D eigenvalue weighted by Crippen LogP contribution is -2.43. The van der Waals surface area contributed by atoms with E-state index in [0.29, 0.717) is 16.9 Å². The van der Waals surface area contributed by atoms with Crippen LogP contribution in [0.5, 0.6) is 0 Å². The van der Waals surface area contributed by atoms with Crippen LogP contribution in [0.4, 0.5) is 0 Å². The summed E-state index contributed by atoms with van der Waals surface area (Å²) in [7, 11) is -3.34. The summed E-state index contributed by atoms with van der Waals surface area (Å²) in [6.07, 6.45) is 4.41. The summed E-state index contributed by atoms with van der Waals surface area (Å²) in [5.41, 5.74) is 0. The van der Waals surface area contributed by atoms with Gasteiger partial charge in [-0.25, -0.2) is 13.1 Å². The number of hydrogen-bond donors (Lipinski definition) is 2. The van der Waals surface area contributed by atoms with E-state index in [4.69, 9.17) is 0 Å². The van der Waals surface area contributed by atoms with Gasteiger partial charge in [0.25, 0.3) is 0 Å². The van der Waals surface area contributed by atoms with Crippen molar-refractivity contribution in [1.82, 2.24) is 10.0 Å². The van der Waals surface area contributed by atoms with Gasteiger partial charge in [-0.15, -0.1) is 11.3 Å². The maximum Gasteiger partial charge on any atom is 0.241 e. The molecule has 2 N–H and O–H groups in total. The van der Waals surface area contributed by atoms with Gasteiger partial charge >= 0.3 is 0 Å². The van der Waals surface area contributed by atoms with Crippen molar-refractivity contribution in [1.29, 1.82) is 0 Å². The Morgan fingerprint density at radius 1 is 1.30 bits per heavy atom. The Balaban J connectivity index is 1.67. The molecule has 6 heteroatoms. The van der Waals surface area contributed by atoms with Crippen LogP contribution >= 0.6 is 11.3 Å². The minimum absolute atomic E-state index is 0.127. The van der Waals surface area contributed by atoms with Gasteiger partial charge in [0.1, 0.15) is 0 Å². The van der Waals surface area contributed by atoms with Crippen molar-refractivity contribution in [2.24, 2.45) is 5.92 Å². The van der Waals surface area contributed by atoms with E-state index >= 15 is 0 Å². The molecule has 112 valence electrons. The van der Waals surface area contributed by atoms with Gasteiger partial charge in [-0.05, 0) is 44.6 Å². The number of nitrogens with one attached hydrogen (secondary N) is 2. The van der Waals surface area contributed by atoms with Crippen molar-refractivity contribution in [2.45, 2.75) is 63.1 Å². The highest BCUT2D eigenvalue weighted by atomic mass is 32.2. The van der Waals surface area contributed by atoms with Crippen molar-refractivity contribution in [3.63, 3.8) is 0 Å². The molecule has 0 aliphatic heterocycles. The highest BCUT2D eigenvalue weighted by molar-refractivity contribution is 7.89. The minimum Gasteiger partial charge on any atom is -0.309 e. The molecule has 0 saturated heterocycles. The molecule has 0 aromatic carbocycles. The molecule has 1 heterocycles. The fraction of sp³-hybridized carbons (Fsp3) is 0.714. The van der Waals surface area contributed by atoms with Gasteiger partial charge < -0.3 is 5.32 Å². The summed E-state index contributed by atoms with van der Waals surface area (Å²) in [5.74, 6) is 0.643. The molecule has 1 aromatic rings. The zero-order valence-electron chi connectivity index (χ0n) is 12.0. The number of aryl methyl sites for hydroxylation is 1. The molecule has 2 aliphatic rings. The Labute approximate surface area is 125 Å².